The summed E-state index contributed by atoms with van der Waals surface area (Å²) in [6.07, 6.45) is 4.63. The van der Waals surface area contributed by atoms with Crippen molar-refractivity contribution < 1.29 is 14.3 Å². The molecule has 3 aromatic carbocycles. The van der Waals surface area contributed by atoms with Crippen LogP contribution in [0.3, 0.4) is 0 Å². The van der Waals surface area contributed by atoms with E-state index in [-0.39, 0.29) is 11.8 Å². The second kappa shape index (κ2) is 9.83. The molecule has 0 fully saturated rings. The average molecular weight is 386 g/mol. The minimum Gasteiger partial charge on any atom is -0.423 e. The highest BCUT2D eigenvalue weighted by Gasteiger charge is 2.09. The number of aryl methyl sites for hydroxylation is 1. The Morgan fingerprint density at radius 1 is 0.724 bits per heavy atom. The molecule has 0 saturated heterocycles. The van der Waals surface area contributed by atoms with Crippen molar-refractivity contribution >= 4 is 11.8 Å². The minimum absolute atomic E-state index is 0.0489. The first-order valence-corrected chi connectivity index (χ1v) is 10.1. The third-order valence-corrected chi connectivity index (χ3v) is 4.95. The molecule has 3 heteroatoms. The fourth-order valence-corrected chi connectivity index (χ4v) is 3.17. The van der Waals surface area contributed by atoms with Crippen LogP contribution in [0.1, 0.15) is 59.4 Å². The van der Waals surface area contributed by atoms with Gasteiger partial charge in [0.1, 0.15) is 5.75 Å². The molecule has 3 rings (SSSR count). The third kappa shape index (κ3) is 5.64. The van der Waals surface area contributed by atoms with Gasteiger partial charge in [-0.25, -0.2) is 4.79 Å². The van der Waals surface area contributed by atoms with Gasteiger partial charge in [0.15, 0.2) is 5.78 Å². The van der Waals surface area contributed by atoms with E-state index in [1.54, 1.807) is 19.1 Å². The van der Waals surface area contributed by atoms with E-state index >= 15 is 0 Å². The van der Waals surface area contributed by atoms with Crippen molar-refractivity contribution in [1.29, 1.82) is 0 Å². The van der Waals surface area contributed by atoms with Crippen LogP contribution in [-0.4, -0.2) is 11.8 Å². The summed E-state index contributed by atoms with van der Waals surface area (Å²) in [5.41, 5.74) is 4.49. The predicted molar refractivity (Wildman–Crippen MR) is 117 cm³/mol. The first-order chi connectivity index (χ1) is 14.1. The monoisotopic (exact) mass is 386 g/mol. The Labute approximate surface area is 172 Å². The molecular weight excluding hydrogens is 360 g/mol. The summed E-state index contributed by atoms with van der Waals surface area (Å²) in [4.78, 5) is 23.8. The summed E-state index contributed by atoms with van der Waals surface area (Å²) in [7, 11) is 0. The number of rotatable bonds is 8. The molecule has 0 saturated carbocycles. The van der Waals surface area contributed by atoms with Crippen LogP contribution >= 0.6 is 0 Å². The largest absolute Gasteiger partial charge is 0.423 e. The van der Waals surface area contributed by atoms with Crippen LogP contribution in [-0.2, 0) is 6.42 Å². The van der Waals surface area contributed by atoms with Crippen LogP contribution in [0.5, 0.6) is 5.75 Å². The highest BCUT2D eigenvalue weighted by Crippen LogP contribution is 2.23. The molecule has 148 valence electrons. The van der Waals surface area contributed by atoms with Crippen molar-refractivity contribution in [3.8, 4) is 16.9 Å². The summed E-state index contributed by atoms with van der Waals surface area (Å²) < 4.78 is 5.50. The fourth-order valence-electron chi connectivity index (χ4n) is 3.17. The van der Waals surface area contributed by atoms with Crippen molar-refractivity contribution in [2.24, 2.45) is 0 Å². The quantitative estimate of drug-likeness (QED) is 0.192. The van der Waals surface area contributed by atoms with Gasteiger partial charge in [-0.15, -0.1) is 0 Å². The van der Waals surface area contributed by atoms with Crippen LogP contribution < -0.4 is 4.74 Å². The van der Waals surface area contributed by atoms with Gasteiger partial charge in [0.05, 0.1) is 5.56 Å². The number of hydrogen-bond donors (Lipinski definition) is 0. The van der Waals surface area contributed by atoms with Crippen LogP contribution in [0, 0.1) is 0 Å². The molecule has 0 aromatic heterocycles. The van der Waals surface area contributed by atoms with Gasteiger partial charge in [-0.3, -0.25) is 4.79 Å². The molecule has 0 radical (unpaired) electrons. The van der Waals surface area contributed by atoms with E-state index in [1.165, 1.54) is 24.8 Å². The maximum absolute atomic E-state index is 12.4. The van der Waals surface area contributed by atoms with Gasteiger partial charge in [0, 0.05) is 5.56 Å². The van der Waals surface area contributed by atoms with E-state index in [9.17, 15) is 9.59 Å². The lowest BCUT2D eigenvalue weighted by Gasteiger charge is -2.07. The fraction of sp³-hybridized carbons (Fsp3) is 0.231. The lowest BCUT2D eigenvalue weighted by Crippen LogP contribution is -2.08. The molecule has 0 aliphatic rings. The lowest BCUT2D eigenvalue weighted by molar-refractivity contribution is 0.0734. The lowest BCUT2D eigenvalue weighted by atomic mass is 10.0. The molecule has 0 atom stereocenters. The number of unbranched alkanes of at least 4 members (excludes halogenated alkanes) is 2. The summed E-state index contributed by atoms with van der Waals surface area (Å²) in [6.45, 7) is 3.74. The van der Waals surface area contributed by atoms with Crippen molar-refractivity contribution in [2.45, 2.75) is 39.5 Å². The Kier molecular flexibility index (Phi) is 6.96. The molecule has 3 nitrogen and oxygen atoms in total. The third-order valence-electron chi connectivity index (χ3n) is 4.95. The van der Waals surface area contributed by atoms with Crippen LogP contribution in [0.25, 0.3) is 11.1 Å². The molecule has 0 aliphatic heterocycles. The Hall–Kier alpha value is -3.20. The molecule has 0 heterocycles. The van der Waals surface area contributed by atoms with Gasteiger partial charge in [-0.1, -0.05) is 68.3 Å². The van der Waals surface area contributed by atoms with E-state index in [0.717, 1.165) is 17.5 Å². The Bertz CT molecular complexity index is 952. The molecule has 0 N–H and O–H groups in total. The second-order valence-corrected chi connectivity index (χ2v) is 7.20. The molecular formula is C26H26O3. The number of carbonyl (C=O) groups excluding carboxylic acids is 2. The Morgan fingerprint density at radius 3 is 1.83 bits per heavy atom. The van der Waals surface area contributed by atoms with E-state index in [0.29, 0.717) is 16.9 Å². The van der Waals surface area contributed by atoms with E-state index in [2.05, 4.69) is 6.92 Å². The molecule has 0 aliphatic carbocycles. The van der Waals surface area contributed by atoms with E-state index in [4.69, 9.17) is 4.74 Å². The zero-order valence-electron chi connectivity index (χ0n) is 17.0. The number of hydrogen-bond acceptors (Lipinski definition) is 3. The van der Waals surface area contributed by atoms with Gasteiger partial charge in [-0.2, -0.15) is 0 Å². The average Bonchev–Trinajstić information content (AvgIpc) is 2.75. The topological polar surface area (TPSA) is 43.4 Å². The van der Waals surface area contributed by atoms with Crippen molar-refractivity contribution in [2.75, 3.05) is 0 Å². The Balaban J connectivity index is 1.61. The first kappa shape index (κ1) is 20.5. The number of esters is 1. The number of benzene rings is 3. The highest BCUT2D eigenvalue weighted by molar-refractivity contribution is 5.94. The molecule has 29 heavy (non-hydrogen) atoms. The Morgan fingerprint density at radius 2 is 1.28 bits per heavy atom. The molecule has 3 aromatic rings. The van der Waals surface area contributed by atoms with Crippen LogP contribution in [0.2, 0.25) is 0 Å². The number of Topliss-reactive ketones (excluding diaryl/α,β-unsaturated/α-hetero) is 1. The SMILES string of the molecule is CCCCCc1ccc(C(=O)Oc2ccc(-c3ccc(C(C)=O)cc3)cc2)cc1. The molecule has 0 spiro atoms. The van der Waals surface area contributed by atoms with Crippen LogP contribution in [0.4, 0.5) is 0 Å². The van der Waals surface area contributed by atoms with Gasteiger partial charge >= 0.3 is 5.97 Å². The molecule has 0 unspecified atom stereocenters. The smallest absolute Gasteiger partial charge is 0.343 e. The van der Waals surface area contributed by atoms with Crippen molar-refractivity contribution in [3.63, 3.8) is 0 Å². The zero-order chi connectivity index (χ0) is 20.6. The van der Waals surface area contributed by atoms with Crippen molar-refractivity contribution in [1.82, 2.24) is 0 Å². The predicted octanol–water partition coefficient (Wildman–Crippen LogP) is 6.51. The normalized spacial score (nSPS) is 10.6. The molecule has 0 amide bonds. The number of ether oxygens (including phenoxy) is 1. The summed E-state index contributed by atoms with van der Waals surface area (Å²) >= 11 is 0. The van der Waals surface area contributed by atoms with E-state index in [1.807, 2.05) is 60.7 Å². The van der Waals surface area contributed by atoms with Gasteiger partial charge < -0.3 is 4.74 Å². The second-order valence-electron chi connectivity index (χ2n) is 7.20. The maximum atomic E-state index is 12.4. The minimum atomic E-state index is -0.358. The standard InChI is InChI=1S/C26H26O3/c1-3-4-5-6-20-7-9-24(10-8-20)26(28)29-25-17-15-23(16-18-25)22-13-11-21(12-14-22)19(2)27/h7-18H,3-6H2,1-2H3. The van der Waals surface area contributed by atoms with Gasteiger partial charge in [-0.05, 0) is 60.7 Å². The van der Waals surface area contributed by atoms with Gasteiger partial charge in [0.2, 0.25) is 0 Å². The van der Waals surface area contributed by atoms with Gasteiger partial charge in [0.25, 0.3) is 0 Å². The first-order valence-electron chi connectivity index (χ1n) is 10.1. The summed E-state index contributed by atoms with van der Waals surface area (Å²) in [5, 5.41) is 0. The number of ketones is 1. The number of carbonyl (C=O) groups is 2. The maximum Gasteiger partial charge on any atom is 0.343 e. The van der Waals surface area contributed by atoms with E-state index < -0.39 is 0 Å². The van der Waals surface area contributed by atoms with Crippen LogP contribution in [0.15, 0.2) is 72.8 Å². The summed E-state index contributed by atoms with van der Waals surface area (Å²) in [6, 6.07) is 22.5. The zero-order valence-corrected chi connectivity index (χ0v) is 17.0. The highest BCUT2D eigenvalue weighted by atomic mass is 16.5. The molecule has 0 bridgehead atoms. The van der Waals surface area contributed by atoms with Crippen molar-refractivity contribution in [3.05, 3.63) is 89.5 Å². The summed E-state index contributed by atoms with van der Waals surface area (Å²) in [5.74, 6) is 0.197.